The Hall–Kier alpha value is -2.38. The van der Waals surface area contributed by atoms with E-state index in [0.717, 1.165) is 5.56 Å². The standard InChI is InChI=1S/C14H10ClN3O/c15-12-5-6-17-13(7-12)14(19)18-9-11-3-1-10(8-16)2-4-11/h1-7H,9H2,(H,18,19). The van der Waals surface area contributed by atoms with Gasteiger partial charge in [0.2, 0.25) is 0 Å². The molecule has 1 amide bonds. The van der Waals surface area contributed by atoms with Crippen molar-refractivity contribution in [3.8, 4) is 6.07 Å². The lowest BCUT2D eigenvalue weighted by Gasteiger charge is -2.05. The number of halogens is 1. The van der Waals surface area contributed by atoms with Gasteiger partial charge in [0, 0.05) is 17.8 Å². The maximum atomic E-state index is 11.8. The minimum absolute atomic E-state index is 0.279. The first-order chi connectivity index (χ1) is 9.19. The number of nitriles is 1. The summed E-state index contributed by atoms with van der Waals surface area (Å²) in [5, 5.41) is 11.9. The third kappa shape index (κ3) is 3.54. The van der Waals surface area contributed by atoms with Crippen LogP contribution < -0.4 is 5.32 Å². The minimum atomic E-state index is -0.285. The lowest BCUT2D eigenvalue weighted by molar-refractivity contribution is 0.0946. The fourth-order valence-electron chi connectivity index (χ4n) is 1.50. The van der Waals surface area contributed by atoms with E-state index in [4.69, 9.17) is 16.9 Å². The number of hydrogen-bond donors (Lipinski definition) is 1. The Balaban J connectivity index is 1.98. The zero-order valence-corrected chi connectivity index (χ0v) is 10.7. The Morgan fingerprint density at radius 3 is 2.68 bits per heavy atom. The molecule has 1 heterocycles. The molecule has 1 N–H and O–H groups in total. The molecule has 0 radical (unpaired) electrons. The van der Waals surface area contributed by atoms with Gasteiger partial charge in [-0.2, -0.15) is 5.26 Å². The maximum absolute atomic E-state index is 11.8. The molecular weight excluding hydrogens is 262 g/mol. The molecule has 0 bridgehead atoms. The van der Waals surface area contributed by atoms with E-state index in [1.54, 1.807) is 30.3 Å². The van der Waals surface area contributed by atoms with Crippen LogP contribution >= 0.6 is 11.6 Å². The highest BCUT2D eigenvalue weighted by atomic mass is 35.5. The molecule has 0 aliphatic heterocycles. The van der Waals surface area contributed by atoms with Crippen molar-refractivity contribution in [3.63, 3.8) is 0 Å². The predicted octanol–water partition coefficient (Wildman–Crippen LogP) is 2.54. The van der Waals surface area contributed by atoms with Gasteiger partial charge in [-0.25, -0.2) is 0 Å². The Morgan fingerprint density at radius 1 is 1.32 bits per heavy atom. The monoisotopic (exact) mass is 271 g/mol. The van der Waals surface area contributed by atoms with Crippen molar-refractivity contribution in [2.24, 2.45) is 0 Å². The van der Waals surface area contributed by atoms with Gasteiger partial charge in [-0.05, 0) is 29.8 Å². The summed E-state index contributed by atoms with van der Waals surface area (Å²) in [4.78, 5) is 15.7. The molecule has 0 aliphatic carbocycles. The van der Waals surface area contributed by atoms with E-state index in [1.165, 1.54) is 12.3 Å². The van der Waals surface area contributed by atoms with Crippen molar-refractivity contribution in [1.82, 2.24) is 10.3 Å². The van der Waals surface area contributed by atoms with Crippen LogP contribution in [0.25, 0.3) is 0 Å². The van der Waals surface area contributed by atoms with E-state index in [1.807, 2.05) is 6.07 Å². The zero-order valence-electron chi connectivity index (χ0n) is 9.93. The van der Waals surface area contributed by atoms with E-state index in [0.29, 0.717) is 17.1 Å². The van der Waals surface area contributed by atoms with Gasteiger partial charge in [0.25, 0.3) is 5.91 Å². The molecule has 0 spiro atoms. The van der Waals surface area contributed by atoms with Crippen LogP contribution in [0.4, 0.5) is 0 Å². The average molecular weight is 272 g/mol. The quantitative estimate of drug-likeness (QED) is 0.933. The number of carbonyl (C=O) groups is 1. The number of rotatable bonds is 3. The van der Waals surface area contributed by atoms with Crippen molar-refractivity contribution in [3.05, 3.63) is 64.4 Å². The summed E-state index contributed by atoms with van der Waals surface area (Å²) in [6.45, 7) is 0.374. The van der Waals surface area contributed by atoms with Crippen molar-refractivity contribution in [2.45, 2.75) is 6.54 Å². The molecule has 1 aromatic carbocycles. The average Bonchev–Trinajstić information content (AvgIpc) is 2.45. The number of pyridine rings is 1. The summed E-state index contributed by atoms with van der Waals surface area (Å²) >= 11 is 5.79. The minimum Gasteiger partial charge on any atom is -0.347 e. The second-order valence-electron chi connectivity index (χ2n) is 3.85. The van der Waals surface area contributed by atoms with Crippen LogP contribution in [-0.4, -0.2) is 10.9 Å². The van der Waals surface area contributed by atoms with E-state index >= 15 is 0 Å². The summed E-state index contributed by atoms with van der Waals surface area (Å²) in [5.74, 6) is -0.285. The van der Waals surface area contributed by atoms with Gasteiger partial charge in [-0.3, -0.25) is 9.78 Å². The van der Waals surface area contributed by atoms with Crippen LogP contribution in [0.5, 0.6) is 0 Å². The summed E-state index contributed by atoms with van der Waals surface area (Å²) < 4.78 is 0. The molecule has 2 aromatic rings. The van der Waals surface area contributed by atoms with Gasteiger partial charge in [0.05, 0.1) is 11.6 Å². The van der Waals surface area contributed by atoms with Crippen LogP contribution in [0, 0.1) is 11.3 Å². The Kier molecular flexibility index (Phi) is 4.11. The van der Waals surface area contributed by atoms with Gasteiger partial charge < -0.3 is 5.32 Å². The van der Waals surface area contributed by atoms with Crippen LogP contribution in [0.15, 0.2) is 42.6 Å². The van der Waals surface area contributed by atoms with Crippen LogP contribution in [0.2, 0.25) is 5.02 Å². The summed E-state index contributed by atoms with van der Waals surface area (Å²) in [7, 11) is 0. The lowest BCUT2D eigenvalue weighted by Crippen LogP contribution is -2.23. The molecule has 5 heteroatoms. The van der Waals surface area contributed by atoms with Crippen LogP contribution in [0.3, 0.4) is 0 Å². The Morgan fingerprint density at radius 2 is 2.05 bits per heavy atom. The maximum Gasteiger partial charge on any atom is 0.270 e. The van der Waals surface area contributed by atoms with Crippen molar-refractivity contribution >= 4 is 17.5 Å². The molecule has 0 saturated carbocycles. The smallest absolute Gasteiger partial charge is 0.270 e. The molecule has 0 saturated heterocycles. The number of nitrogens with one attached hydrogen (secondary N) is 1. The molecule has 0 atom stereocenters. The fraction of sp³-hybridized carbons (Fsp3) is 0.0714. The second kappa shape index (κ2) is 5.98. The zero-order chi connectivity index (χ0) is 13.7. The number of hydrogen-bond acceptors (Lipinski definition) is 3. The Labute approximate surface area is 115 Å². The van der Waals surface area contributed by atoms with Crippen molar-refractivity contribution in [2.75, 3.05) is 0 Å². The van der Waals surface area contributed by atoms with Crippen molar-refractivity contribution < 1.29 is 4.79 Å². The lowest BCUT2D eigenvalue weighted by atomic mass is 10.1. The number of amides is 1. The highest BCUT2D eigenvalue weighted by Crippen LogP contribution is 2.08. The molecular formula is C14H10ClN3O. The van der Waals surface area contributed by atoms with E-state index < -0.39 is 0 Å². The summed E-state index contributed by atoms with van der Waals surface area (Å²) in [6.07, 6.45) is 1.49. The first kappa shape index (κ1) is 13.1. The summed E-state index contributed by atoms with van der Waals surface area (Å²) in [6, 6.07) is 12.2. The van der Waals surface area contributed by atoms with E-state index in [9.17, 15) is 4.79 Å². The number of nitrogens with zero attached hydrogens (tertiary/aromatic N) is 2. The molecule has 0 unspecified atom stereocenters. The molecule has 19 heavy (non-hydrogen) atoms. The van der Waals surface area contributed by atoms with Gasteiger partial charge in [0.1, 0.15) is 5.69 Å². The van der Waals surface area contributed by atoms with Crippen molar-refractivity contribution in [1.29, 1.82) is 5.26 Å². The SMILES string of the molecule is N#Cc1ccc(CNC(=O)c2cc(Cl)ccn2)cc1. The first-order valence-corrected chi connectivity index (χ1v) is 5.95. The summed E-state index contributed by atoms with van der Waals surface area (Å²) in [5.41, 5.74) is 1.78. The molecule has 94 valence electrons. The third-order valence-corrected chi connectivity index (χ3v) is 2.73. The molecule has 2 rings (SSSR count). The topological polar surface area (TPSA) is 65.8 Å². The number of benzene rings is 1. The largest absolute Gasteiger partial charge is 0.347 e. The molecule has 1 aromatic heterocycles. The molecule has 0 fully saturated rings. The van der Waals surface area contributed by atoms with E-state index in [-0.39, 0.29) is 11.6 Å². The van der Waals surface area contributed by atoms with Gasteiger partial charge in [0.15, 0.2) is 0 Å². The van der Waals surface area contributed by atoms with Gasteiger partial charge in [-0.1, -0.05) is 23.7 Å². The highest BCUT2D eigenvalue weighted by molar-refractivity contribution is 6.30. The molecule has 0 aliphatic rings. The Bertz CT molecular complexity index is 632. The number of aromatic nitrogens is 1. The molecule has 4 nitrogen and oxygen atoms in total. The number of carbonyl (C=O) groups excluding carboxylic acids is 1. The van der Waals surface area contributed by atoms with Gasteiger partial charge >= 0.3 is 0 Å². The second-order valence-corrected chi connectivity index (χ2v) is 4.29. The van der Waals surface area contributed by atoms with Crippen LogP contribution in [0.1, 0.15) is 21.6 Å². The highest BCUT2D eigenvalue weighted by Gasteiger charge is 2.07. The van der Waals surface area contributed by atoms with E-state index in [2.05, 4.69) is 10.3 Å². The van der Waals surface area contributed by atoms with Gasteiger partial charge in [-0.15, -0.1) is 0 Å². The van der Waals surface area contributed by atoms with Crippen LogP contribution in [-0.2, 0) is 6.54 Å². The normalized spacial score (nSPS) is 9.68. The fourth-order valence-corrected chi connectivity index (χ4v) is 1.66. The first-order valence-electron chi connectivity index (χ1n) is 5.58. The third-order valence-electron chi connectivity index (χ3n) is 2.49. The predicted molar refractivity (Wildman–Crippen MR) is 71.6 cm³/mol.